The minimum Gasteiger partial charge on any atom is -0.438 e. The van der Waals surface area contributed by atoms with Gasteiger partial charge in [0.25, 0.3) is 0 Å². The number of esters is 1. The molecule has 1 atom stereocenters. The monoisotopic (exact) mass is 340 g/mol. The summed E-state index contributed by atoms with van der Waals surface area (Å²) in [6.07, 6.45) is 0.410. The van der Waals surface area contributed by atoms with E-state index in [1.165, 1.54) is 0 Å². The Balaban J connectivity index is 1.75. The van der Waals surface area contributed by atoms with Crippen LogP contribution in [0, 0.1) is 13.8 Å². The van der Waals surface area contributed by atoms with Crippen LogP contribution in [0.3, 0.4) is 0 Å². The molecule has 0 spiro atoms. The van der Waals surface area contributed by atoms with Crippen molar-refractivity contribution in [1.82, 2.24) is 9.97 Å². The van der Waals surface area contributed by atoms with E-state index in [1.807, 2.05) is 38.3 Å². The lowest BCUT2D eigenvalue weighted by Crippen LogP contribution is -2.18. The van der Waals surface area contributed by atoms with Crippen LogP contribution in [-0.2, 0) is 4.79 Å². The van der Waals surface area contributed by atoms with Crippen LogP contribution in [0.4, 0.5) is 0 Å². The quantitative estimate of drug-likeness (QED) is 0.507. The average Bonchev–Trinajstić information content (AvgIpc) is 2.87. The van der Waals surface area contributed by atoms with Crippen LogP contribution in [0.2, 0.25) is 0 Å². The van der Waals surface area contributed by atoms with Crippen LogP contribution >= 0.6 is 11.3 Å². The molecule has 0 amide bonds. The fourth-order valence-corrected chi connectivity index (χ4v) is 3.89. The Morgan fingerprint density at radius 2 is 2.12 bits per heavy atom. The van der Waals surface area contributed by atoms with Crippen LogP contribution in [0.5, 0.6) is 17.4 Å². The van der Waals surface area contributed by atoms with Gasteiger partial charge in [-0.2, -0.15) is 4.98 Å². The molecule has 0 saturated heterocycles. The summed E-state index contributed by atoms with van der Waals surface area (Å²) in [7, 11) is 0. The number of carbonyl (C=O) groups is 1. The lowest BCUT2D eigenvalue weighted by atomic mass is 9.95. The Kier molecular flexibility index (Phi) is 3.49. The Hall–Kier alpha value is -2.47. The van der Waals surface area contributed by atoms with Gasteiger partial charge in [-0.05, 0) is 42.3 Å². The molecular weight excluding hydrogens is 324 g/mol. The van der Waals surface area contributed by atoms with Gasteiger partial charge in [0.2, 0.25) is 5.88 Å². The minimum atomic E-state index is -0.207. The van der Waals surface area contributed by atoms with Crippen molar-refractivity contribution in [3.63, 3.8) is 0 Å². The average molecular weight is 340 g/mol. The molecule has 6 heteroatoms. The standard InChI is InChI=1S/C18H16N2O3S/c1-9-6-15(21)23-14-7-12(4-5-13(9)14)22-17-16-10(2)8-24-18(16)20-11(3)19-17/h4-5,7-9H,6H2,1-3H3. The zero-order valence-electron chi connectivity index (χ0n) is 13.6. The third kappa shape index (κ3) is 2.53. The number of hydrogen-bond acceptors (Lipinski definition) is 6. The molecule has 1 unspecified atom stereocenters. The fraction of sp³-hybridized carbons (Fsp3) is 0.278. The minimum absolute atomic E-state index is 0.155. The van der Waals surface area contributed by atoms with E-state index < -0.39 is 0 Å². The second-order valence-corrected chi connectivity index (χ2v) is 6.91. The topological polar surface area (TPSA) is 61.3 Å². The molecule has 0 aliphatic carbocycles. The number of benzene rings is 1. The largest absolute Gasteiger partial charge is 0.438 e. The first-order valence-electron chi connectivity index (χ1n) is 7.76. The molecule has 2 aromatic heterocycles. The number of hydrogen-bond donors (Lipinski definition) is 0. The van der Waals surface area contributed by atoms with E-state index in [1.54, 1.807) is 17.4 Å². The molecule has 24 heavy (non-hydrogen) atoms. The SMILES string of the molecule is Cc1nc(Oc2ccc3c(c2)OC(=O)CC3C)c2c(C)csc2n1. The van der Waals surface area contributed by atoms with Gasteiger partial charge in [-0.15, -0.1) is 11.3 Å². The molecule has 5 nitrogen and oxygen atoms in total. The highest BCUT2D eigenvalue weighted by Crippen LogP contribution is 2.39. The van der Waals surface area contributed by atoms with E-state index in [9.17, 15) is 4.79 Å². The van der Waals surface area contributed by atoms with Gasteiger partial charge >= 0.3 is 5.97 Å². The van der Waals surface area contributed by atoms with Gasteiger partial charge in [-0.25, -0.2) is 4.98 Å². The first-order chi connectivity index (χ1) is 11.5. The highest BCUT2D eigenvalue weighted by molar-refractivity contribution is 7.17. The van der Waals surface area contributed by atoms with Crippen molar-refractivity contribution < 1.29 is 14.3 Å². The van der Waals surface area contributed by atoms with Gasteiger partial charge in [0.05, 0.1) is 11.8 Å². The Labute approximate surface area is 143 Å². The summed E-state index contributed by atoms with van der Waals surface area (Å²) in [6.45, 7) is 5.88. The molecule has 0 N–H and O–H groups in total. The number of thiophene rings is 1. The maximum atomic E-state index is 11.7. The predicted octanol–water partition coefficient (Wildman–Crippen LogP) is 4.51. The Morgan fingerprint density at radius 3 is 2.96 bits per heavy atom. The zero-order valence-corrected chi connectivity index (χ0v) is 14.4. The summed E-state index contributed by atoms with van der Waals surface area (Å²) in [5, 5.41) is 2.97. The summed E-state index contributed by atoms with van der Waals surface area (Å²) in [4.78, 5) is 21.4. The highest BCUT2D eigenvalue weighted by atomic mass is 32.1. The van der Waals surface area contributed by atoms with Gasteiger partial charge in [0.15, 0.2) is 0 Å². The first-order valence-corrected chi connectivity index (χ1v) is 8.64. The normalized spacial score (nSPS) is 16.8. The van der Waals surface area contributed by atoms with Crippen molar-refractivity contribution in [3.8, 4) is 17.4 Å². The number of carbonyl (C=O) groups excluding carboxylic acids is 1. The van der Waals surface area contributed by atoms with Gasteiger partial charge in [0.1, 0.15) is 22.2 Å². The summed E-state index contributed by atoms with van der Waals surface area (Å²) in [6, 6.07) is 5.60. The Bertz CT molecular complexity index is 964. The van der Waals surface area contributed by atoms with E-state index in [0.29, 0.717) is 29.6 Å². The number of aryl methyl sites for hydroxylation is 2. The van der Waals surface area contributed by atoms with Crippen molar-refractivity contribution in [2.24, 2.45) is 0 Å². The molecule has 0 bridgehead atoms. The van der Waals surface area contributed by atoms with Gasteiger partial charge < -0.3 is 9.47 Å². The van der Waals surface area contributed by atoms with Crippen molar-refractivity contribution in [1.29, 1.82) is 0 Å². The van der Waals surface area contributed by atoms with E-state index in [0.717, 1.165) is 21.3 Å². The molecule has 3 heterocycles. The molecule has 1 aromatic carbocycles. The van der Waals surface area contributed by atoms with Crippen molar-refractivity contribution in [3.05, 3.63) is 40.5 Å². The molecule has 1 aliphatic rings. The van der Waals surface area contributed by atoms with Crippen LogP contribution in [-0.4, -0.2) is 15.9 Å². The second-order valence-electron chi connectivity index (χ2n) is 6.06. The lowest BCUT2D eigenvalue weighted by molar-refractivity contribution is -0.135. The molecule has 122 valence electrons. The summed E-state index contributed by atoms with van der Waals surface area (Å²) in [5.74, 6) is 2.31. The van der Waals surface area contributed by atoms with E-state index in [2.05, 4.69) is 9.97 Å². The number of rotatable bonds is 2. The predicted molar refractivity (Wildman–Crippen MR) is 92.1 cm³/mol. The number of ether oxygens (including phenoxy) is 2. The van der Waals surface area contributed by atoms with Gasteiger partial charge in [0, 0.05) is 6.07 Å². The molecule has 4 rings (SSSR count). The van der Waals surface area contributed by atoms with E-state index in [-0.39, 0.29) is 11.9 Å². The third-order valence-electron chi connectivity index (χ3n) is 4.12. The maximum Gasteiger partial charge on any atom is 0.311 e. The van der Waals surface area contributed by atoms with Gasteiger partial charge in [-0.1, -0.05) is 13.0 Å². The molecular formula is C18H16N2O3S. The highest BCUT2D eigenvalue weighted by Gasteiger charge is 2.24. The second kappa shape index (κ2) is 5.56. The first kappa shape index (κ1) is 15.1. The number of aromatic nitrogens is 2. The van der Waals surface area contributed by atoms with Crippen molar-refractivity contribution in [2.75, 3.05) is 0 Å². The number of nitrogens with zero attached hydrogens (tertiary/aromatic N) is 2. The summed E-state index contributed by atoms with van der Waals surface area (Å²) in [5.41, 5.74) is 2.11. The van der Waals surface area contributed by atoms with Crippen LogP contribution in [0.1, 0.15) is 36.2 Å². The molecule has 0 saturated carbocycles. The Morgan fingerprint density at radius 1 is 1.29 bits per heavy atom. The third-order valence-corrected chi connectivity index (χ3v) is 5.11. The van der Waals surface area contributed by atoms with E-state index >= 15 is 0 Å². The smallest absolute Gasteiger partial charge is 0.311 e. The fourth-order valence-electron chi connectivity index (χ4n) is 2.93. The molecule has 3 aromatic rings. The van der Waals surface area contributed by atoms with Crippen LogP contribution in [0.25, 0.3) is 10.2 Å². The lowest BCUT2D eigenvalue weighted by Gasteiger charge is -2.21. The molecule has 0 fully saturated rings. The molecule has 1 aliphatic heterocycles. The van der Waals surface area contributed by atoms with Crippen LogP contribution in [0.15, 0.2) is 23.6 Å². The van der Waals surface area contributed by atoms with E-state index in [4.69, 9.17) is 9.47 Å². The summed E-state index contributed by atoms with van der Waals surface area (Å²) >= 11 is 1.58. The molecule has 0 radical (unpaired) electrons. The van der Waals surface area contributed by atoms with Crippen molar-refractivity contribution in [2.45, 2.75) is 33.1 Å². The number of fused-ring (bicyclic) bond motifs is 2. The van der Waals surface area contributed by atoms with Crippen molar-refractivity contribution >= 4 is 27.5 Å². The zero-order chi connectivity index (χ0) is 16.8. The van der Waals surface area contributed by atoms with Gasteiger partial charge in [-0.3, -0.25) is 4.79 Å². The maximum absolute atomic E-state index is 11.7. The van der Waals surface area contributed by atoms with Crippen LogP contribution < -0.4 is 9.47 Å². The summed E-state index contributed by atoms with van der Waals surface area (Å²) < 4.78 is 11.4.